The number of hydrogen-bond acceptors (Lipinski definition) is 6. The lowest BCUT2D eigenvalue weighted by molar-refractivity contribution is -0.137. The van der Waals surface area contributed by atoms with E-state index in [9.17, 15) is 22.8 Å². The topological polar surface area (TPSA) is 75.6 Å². The Morgan fingerprint density at radius 2 is 1.83 bits per heavy atom. The maximum Gasteiger partial charge on any atom is 0.416 e. The molecular weight excluding hydrogens is 421 g/mol. The minimum absolute atomic E-state index is 0.0335. The Bertz CT molecular complexity index is 941. The maximum absolute atomic E-state index is 12.7. The number of carbonyl (C=O) groups excluding carboxylic acids is 2. The van der Waals surface area contributed by atoms with Gasteiger partial charge < -0.3 is 9.64 Å². The number of nitrogens with zero attached hydrogens (tertiary/aromatic N) is 4. The highest BCUT2D eigenvalue weighted by Gasteiger charge is 2.41. The number of halogens is 3. The summed E-state index contributed by atoms with van der Waals surface area (Å²) in [6.07, 6.45) is -1.09. The smallest absolute Gasteiger partial charge is 0.416 e. The lowest BCUT2D eigenvalue weighted by Gasteiger charge is -2.20. The van der Waals surface area contributed by atoms with E-state index in [1.807, 2.05) is 0 Å². The van der Waals surface area contributed by atoms with Gasteiger partial charge in [0, 0.05) is 13.0 Å². The van der Waals surface area contributed by atoms with E-state index >= 15 is 0 Å². The number of amides is 2. The number of urea groups is 1. The molecule has 2 aromatic rings. The molecule has 7 nitrogen and oxygen atoms in total. The molecule has 2 aliphatic rings. The van der Waals surface area contributed by atoms with E-state index in [1.165, 1.54) is 21.1 Å². The molecule has 2 amide bonds. The summed E-state index contributed by atoms with van der Waals surface area (Å²) in [5.41, 5.74) is -0.890. The molecule has 4 rings (SSSR count). The minimum atomic E-state index is -4.49. The number of hydrogen-bond donors (Lipinski definition) is 0. The Balaban J connectivity index is 1.51. The number of esters is 1. The van der Waals surface area contributed by atoms with Crippen molar-refractivity contribution in [1.82, 2.24) is 15.1 Å². The normalized spacial score (nSPS) is 20.3. The summed E-state index contributed by atoms with van der Waals surface area (Å²) in [7, 11) is 1.57. The second-order valence-corrected chi connectivity index (χ2v) is 8.36. The van der Waals surface area contributed by atoms with Crippen molar-refractivity contribution in [3.63, 3.8) is 0 Å². The van der Waals surface area contributed by atoms with Crippen LogP contribution in [0.25, 0.3) is 0 Å². The fraction of sp³-hybridized carbons (Fsp3) is 0.474. The van der Waals surface area contributed by atoms with Crippen LogP contribution in [-0.2, 0) is 10.9 Å². The molecule has 0 bridgehead atoms. The summed E-state index contributed by atoms with van der Waals surface area (Å²) in [4.78, 5) is 27.7. The third-order valence-electron chi connectivity index (χ3n) is 5.28. The van der Waals surface area contributed by atoms with Crippen molar-refractivity contribution >= 4 is 28.5 Å². The Morgan fingerprint density at radius 1 is 1.17 bits per heavy atom. The van der Waals surface area contributed by atoms with Crippen molar-refractivity contribution in [2.45, 2.75) is 44.0 Å². The van der Waals surface area contributed by atoms with Crippen molar-refractivity contribution < 1.29 is 27.5 Å². The van der Waals surface area contributed by atoms with E-state index in [0.717, 1.165) is 55.0 Å². The molecule has 1 aliphatic carbocycles. The molecule has 1 saturated heterocycles. The minimum Gasteiger partial charge on any atom is -0.435 e. The van der Waals surface area contributed by atoms with Gasteiger partial charge in [-0.15, -0.1) is 10.2 Å². The second-order valence-electron chi connectivity index (χ2n) is 7.37. The molecule has 2 fully saturated rings. The first-order valence-corrected chi connectivity index (χ1v) is 10.3. The van der Waals surface area contributed by atoms with E-state index in [4.69, 9.17) is 4.74 Å². The standard InChI is InChI=1S/C19H19F3N4O3S/c1-25-10-14(29-16(27)12-6-8-13(9-7-12)19(20,21)22)26(18(25)28)17-24-23-15(30-17)11-4-2-3-5-11/h6-9,11,14H,2-5,10H2,1H3. The average molecular weight is 440 g/mol. The highest BCUT2D eigenvalue weighted by Crippen LogP contribution is 2.38. The molecule has 2 heterocycles. The van der Waals surface area contributed by atoms with Crippen LogP contribution in [0.2, 0.25) is 0 Å². The van der Waals surface area contributed by atoms with Gasteiger partial charge in [0.2, 0.25) is 11.4 Å². The van der Waals surface area contributed by atoms with Gasteiger partial charge in [0.05, 0.1) is 17.7 Å². The van der Waals surface area contributed by atoms with E-state index in [2.05, 4.69) is 10.2 Å². The van der Waals surface area contributed by atoms with Gasteiger partial charge in [0.15, 0.2) is 0 Å². The van der Waals surface area contributed by atoms with Gasteiger partial charge in [-0.25, -0.2) is 14.5 Å². The van der Waals surface area contributed by atoms with Gasteiger partial charge in [0.25, 0.3) is 0 Å². The van der Waals surface area contributed by atoms with Crippen molar-refractivity contribution in [3.05, 3.63) is 40.4 Å². The van der Waals surface area contributed by atoms with Gasteiger partial charge in [-0.2, -0.15) is 13.2 Å². The molecule has 0 spiro atoms. The van der Waals surface area contributed by atoms with Gasteiger partial charge in [0.1, 0.15) is 5.01 Å². The van der Waals surface area contributed by atoms with Crippen LogP contribution in [0.1, 0.15) is 52.5 Å². The van der Waals surface area contributed by atoms with Crippen LogP contribution < -0.4 is 4.90 Å². The Hall–Kier alpha value is -2.69. The first-order valence-electron chi connectivity index (χ1n) is 9.50. The first-order chi connectivity index (χ1) is 14.2. The molecule has 0 radical (unpaired) electrons. The van der Waals surface area contributed by atoms with Crippen molar-refractivity contribution in [3.8, 4) is 0 Å². The van der Waals surface area contributed by atoms with Crippen LogP contribution in [0, 0.1) is 0 Å². The lowest BCUT2D eigenvalue weighted by Crippen LogP contribution is -2.37. The van der Waals surface area contributed by atoms with Crippen LogP contribution in [0.5, 0.6) is 0 Å². The first kappa shape index (κ1) is 20.6. The maximum atomic E-state index is 12.7. The summed E-state index contributed by atoms with van der Waals surface area (Å²) in [6.45, 7) is 0.115. The quantitative estimate of drug-likeness (QED) is 0.664. The zero-order valence-electron chi connectivity index (χ0n) is 16.1. The van der Waals surface area contributed by atoms with Gasteiger partial charge in [-0.05, 0) is 37.1 Å². The van der Waals surface area contributed by atoms with Crippen molar-refractivity contribution in [2.24, 2.45) is 0 Å². The van der Waals surface area contributed by atoms with E-state index < -0.39 is 23.9 Å². The molecule has 1 atom stereocenters. The predicted octanol–water partition coefficient (Wildman–Crippen LogP) is 4.27. The van der Waals surface area contributed by atoms with Gasteiger partial charge in [-0.3, -0.25) is 0 Å². The number of rotatable bonds is 4. The number of alkyl halides is 3. The van der Waals surface area contributed by atoms with Gasteiger partial charge in [-0.1, -0.05) is 24.2 Å². The van der Waals surface area contributed by atoms with Crippen LogP contribution in [0.15, 0.2) is 24.3 Å². The molecular formula is C19H19F3N4O3S. The third-order valence-corrected chi connectivity index (χ3v) is 6.37. The fourth-order valence-electron chi connectivity index (χ4n) is 3.64. The monoisotopic (exact) mass is 440 g/mol. The van der Waals surface area contributed by atoms with Crippen LogP contribution in [0.3, 0.4) is 0 Å². The van der Waals surface area contributed by atoms with Crippen molar-refractivity contribution in [2.75, 3.05) is 18.5 Å². The SMILES string of the molecule is CN1CC(OC(=O)c2ccc(C(F)(F)F)cc2)N(c2nnc(C3CCCC3)s2)C1=O. The largest absolute Gasteiger partial charge is 0.435 e. The molecule has 1 saturated carbocycles. The third kappa shape index (κ3) is 3.98. The van der Waals surface area contributed by atoms with Crippen LogP contribution in [0.4, 0.5) is 23.1 Å². The molecule has 1 aromatic carbocycles. The zero-order chi connectivity index (χ0) is 21.5. The average Bonchev–Trinajstić information content (AvgIpc) is 3.43. The number of carbonyl (C=O) groups is 2. The van der Waals surface area contributed by atoms with Crippen molar-refractivity contribution in [1.29, 1.82) is 0 Å². The highest BCUT2D eigenvalue weighted by molar-refractivity contribution is 7.15. The molecule has 1 aliphatic heterocycles. The van der Waals surface area contributed by atoms with E-state index in [0.29, 0.717) is 11.0 Å². The Labute approximate surface area is 174 Å². The predicted molar refractivity (Wildman–Crippen MR) is 102 cm³/mol. The summed E-state index contributed by atoms with van der Waals surface area (Å²) in [6, 6.07) is 3.37. The Morgan fingerprint density at radius 3 is 2.47 bits per heavy atom. The second kappa shape index (κ2) is 7.86. The number of aromatic nitrogens is 2. The summed E-state index contributed by atoms with van der Waals surface area (Å²) in [5.74, 6) is -0.484. The molecule has 11 heteroatoms. The summed E-state index contributed by atoms with van der Waals surface area (Å²) in [5, 5.41) is 9.55. The van der Waals surface area contributed by atoms with E-state index in [1.54, 1.807) is 7.05 Å². The molecule has 160 valence electrons. The Kier molecular flexibility index (Phi) is 5.39. The summed E-state index contributed by atoms with van der Waals surface area (Å²) < 4.78 is 43.6. The highest BCUT2D eigenvalue weighted by atomic mass is 32.1. The van der Waals surface area contributed by atoms with Crippen LogP contribution >= 0.6 is 11.3 Å². The lowest BCUT2D eigenvalue weighted by atomic mass is 10.1. The molecule has 0 N–H and O–H groups in total. The van der Waals surface area contributed by atoms with Gasteiger partial charge >= 0.3 is 18.2 Å². The molecule has 30 heavy (non-hydrogen) atoms. The zero-order valence-corrected chi connectivity index (χ0v) is 16.9. The number of benzene rings is 1. The molecule has 1 aromatic heterocycles. The number of ether oxygens (including phenoxy) is 1. The number of likely N-dealkylation sites (N-methyl/N-ethyl adjacent to an activating group) is 1. The fourth-order valence-corrected chi connectivity index (χ4v) is 4.69. The van der Waals surface area contributed by atoms with Crippen LogP contribution in [-0.4, -0.2) is 46.9 Å². The van der Waals surface area contributed by atoms with E-state index in [-0.39, 0.29) is 18.1 Å². The summed E-state index contributed by atoms with van der Waals surface area (Å²) >= 11 is 1.30. The number of anilines is 1. The molecule has 1 unspecified atom stereocenters.